The summed E-state index contributed by atoms with van der Waals surface area (Å²) in [4.78, 5) is 17.2. The van der Waals surface area contributed by atoms with E-state index in [1.54, 1.807) is 18.3 Å². The fourth-order valence-corrected chi connectivity index (χ4v) is 4.01. The number of amides is 1. The Labute approximate surface area is 179 Å². The SMILES string of the molecule is Cc1cc(CSc2ncccc2C(=O)Nc2cccc(OCC3CCCO3)c2)no1. The van der Waals surface area contributed by atoms with Gasteiger partial charge in [-0.15, -0.1) is 0 Å². The molecule has 156 valence electrons. The van der Waals surface area contributed by atoms with E-state index in [-0.39, 0.29) is 12.0 Å². The molecule has 1 amide bonds. The lowest BCUT2D eigenvalue weighted by molar-refractivity contribution is 0.0680. The van der Waals surface area contributed by atoms with E-state index in [2.05, 4.69) is 15.5 Å². The molecule has 1 aliphatic heterocycles. The minimum absolute atomic E-state index is 0.145. The van der Waals surface area contributed by atoms with Crippen LogP contribution >= 0.6 is 11.8 Å². The van der Waals surface area contributed by atoms with Crippen molar-refractivity contribution in [1.29, 1.82) is 0 Å². The van der Waals surface area contributed by atoms with E-state index in [9.17, 15) is 4.79 Å². The van der Waals surface area contributed by atoms with E-state index in [0.717, 1.165) is 30.9 Å². The minimum atomic E-state index is -0.224. The molecule has 8 heteroatoms. The van der Waals surface area contributed by atoms with Crippen LogP contribution in [0.25, 0.3) is 0 Å². The smallest absolute Gasteiger partial charge is 0.258 e. The van der Waals surface area contributed by atoms with E-state index >= 15 is 0 Å². The molecule has 30 heavy (non-hydrogen) atoms. The first-order chi connectivity index (χ1) is 14.7. The number of hydrogen-bond acceptors (Lipinski definition) is 7. The van der Waals surface area contributed by atoms with Crippen LogP contribution in [0, 0.1) is 6.92 Å². The van der Waals surface area contributed by atoms with Crippen LogP contribution in [0.1, 0.15) is 34.7 Å². The van der Waals surface area contributed by atoms with E-state index in [0.29, 0.717) is 34.4 Å². The third-order valence-electron chi connectivity index (χ3n) is 4.60. The van der Waals surface area contributed by atoms with Gasteiger partial charge in [-0.1, -0.05) is 23.0 Å². The van der Waals surface area contributed by atoms with Crippen molar-refractivity contribution in [1.82, 2.24) is 10.1 Å². The Hall–Kier alpha value is -2.84. The molecule has 4 rings (SSSR count). The molecule has 1 aliphatic rings. The van der Waals surface area contributed by atoms with Crippen molar-refractivity contribution in [3.8, 4) is 5.75 Å². The van der Waals surface area contributed by atoms with Crippen molar-refractivity contribution >= 4 is 23.4 Å². The maximum atomic E-state index is 12.9. The van der Waals surface area contributed by atoms with Crippen LogP contribution in [0.5, 0.6) is 5.75 Å². The van der Waals surface area contributed by atoms with Crippen LogP contribution in [-0.2, 0) is 10.5 Å². The maximum Gasteiger partial charge on any atom is 0.258 e. The fourth-order valence-electron chi connectivity index (χ4n) is 3.13. The number of hydrogen-bond donors (Lipinski definition) is 1. The standard InChI is InChI=1S/C22H23N3O4S/c1-15-11-17(25-29-15)14-30-22-20(8-3-9-23-22)21(26)24-16-5-2-6-18(12-16)28-13-19-7-4-10-27-19/h2-3,5-6,8-9,11-12,19H,4,7,10,13-14H2,1H3,(H,24,26). The first-order valence-corrected chi connectivity index (χ1v) is 10.8. The third-order valence-corrected chi connectivity index (χ3v) is 5.64. The predicted octanol–water partition coefficient (Wildman–Crippen LogP) is 4.48. The largest absolute Gasteiger partial charge is 0.491 e. The van der Waals surface area contributed by atoms with Gasteiger partial charge < -0.3 is 19.3 Å². The lowest BCUT2D eigenvalue weighted by Crippen LogP contribution is -2.16. The van der Waals surface area contributed by atoms with Gasteiger partial charge in [0.25, 0.3) is 5.91 Å². The van der Waals surface area contributed by atoms with Gasteiger partial charge in [-0.2, -0.15) is 0 Å². The van der Waals surface area contributed by atoms with Crippen LogP contribution in [-0.4, -0.2) is 35.4 Å². The van der Waals surface area contributed by atoms with Gasteiger partial charge in [-0.3, -0.25) is 4.79 Å². The lowest BCUT2D eigenvalue weighted by atomic mass is 10.2. The zero-order valence-electron chi connectivity index (χ0n) is 16.7. The van der Waals surface area contributed by atoms with Gasteiger partial charge >= 0.3 is 0 Å². The summed E-state index contributed by atoms with van der Waals surface area (Å²) in [6.07, 6.45) is 3.91. The Bertz CT molecular complexity index is 1000. The van der Waals surface area contributed by atoms with Crippen LogP contribution < -0.4 is 10.1 Å². The fraction of sp³-hybridized carbons (Fsp3) is 0.318. The van der Waals surface area contributed by atoms with Gasteiger partial charge in [0.05, 0.1) is 17.4 Å². The summed E-state index contributed by atoms with van der Waals surface area (Å²) in [6, 6.07) is 12.8. The molecule has 7 nitrogen and oxygen atoms in total. The van der Waals surface area contributed by atoms with Gasteiger partial charge in [0.15, 0.2) is 0 Å². The van der Waals surface area contributed by atoms with E-state index < -0.39 is 0 Å². The first-order valence-electron chi connectivity index (χ1n) is 9.83. The highest BCUT2D eigenvalue weighted by molar-refractivity contribution is 7.98. The maximum absolute atomic E-state index is 12.9. The summed E-state index contributed by atoms with van der Waals surface area (Å²) >= 11 is 1.44. The highest BCUT2D eigenvalue weighted by Crippen LogP contribution is 2.26. The summed E-state index contributed by atoms with van der Waals surface area (Å²) < 4.78 is 16.5. The number of benzene rings is 1. The summed E-state index contributed by atoms with van der Waals surface area (Å²) in [6.45, 7) is 3.16. The first kappa shape index (κ1) is 20.4. The average molecular weight is 426 g/mol. The molecule has 1 fully saturated rings. The van der Waals surface area contributed by atoms with Crippen molar-refractivity contribution < 1.29 is 18.8 Å². The Morgan fingerprint density at radius 1 is 1.30 bits per heavy atom. The lowest BCUT2D eigenvalue weighted by Gasteiger charge is -2.13. The van der Waals surface area contributed by atoms with Crippen LogP contribution in [0.4, 0.5) is 5.69 Å². The van der Waals surface area contributed by atoms with Gasteiger partial charge in [0.2, 0.25) is 0 Å². The van der Waals surface area contributed by atoms with Crippen molar-refractivity contribution in [3.05, 3.63) is 65.7 Å². The molecular formula is C22H23N3O4S. The normalized spacial score (nSPS) is 15.8. The number of nitrogens with one attached hydrogen (secondary N) is 1. The number of rotatable bonds is 8. The van der Waals surface area contributed by atoms with Gasteiger partial charge in [0.1, 0.15) is 23.1 Å². The van der Waals surface area contributed by atoms with Crippen molar-refractivity contribution in [2.75, 3.05) is 18.5 Å². The molecule has 1 saturated heterocycles. The Morgan fingerprint density at radius 3 is 3.03 bits per heavy atom. The molecule has 0 saturated carbocycles. The number of thioether (sulfide) groups is 1. The minimum Gasteiger partial charge on any atom is -0.491 e. The third kappa shape index (κ3) is 5.40. The molecule has 1 N–H and O–H groups in total. The summed E-state index contributed by atoms with van der Waals surface area (Å²) in [7, 11) is 0. The number of anilines is 1. The molecule has 3 aromatic rings. The molecule has 1 aromatic carbocycles. The second kappa shape index (κ2) is 9.77. The Balaban J connectivity index is 1.39. The van der Waals surface area contributed by atoms with Gasteiger partial charge in [-0.25, -0.2) is 4.98 Å². The summed E-state index contributed by atoms with van der Waals surface area (Å²) in [5.41, 5.74) is 1.98. The van der Waals surface area contributed by atoms with E-state index in [1.807, 2.05) is 37.3 Å². The second-order valence-corrected chi connectivity index (χ2v) is 7.97. The molecule has 0 spiro atoms. The van der Waals surface area contributed by atoms with Crippen molar-refractivity contribution in [2.45, 2.75) is 36.6 Å². The Morgan fingerprint density at radius 2 is 2.23 bits per heavy atom. The number of aryl methyl sites for hydroxylation is 1. The quantitative estimate of drug-likeness (QED) is 0.533. The van der Waals surface area contributed by atoms with Crippen LogP contribution in [0.3, 0.4) is 0 Å². The number of carbonyl (C=O) groups is 1. The molecule has 1 atom stereocenters. The average Bonchev–Trinajstić information content (AvgIpc) is 3.43. The molecular weight excluding hydrogens is 402 g/mol. The molecule has 2 aromatic heterocycles. The monoisotopic (exact) mass is 425 g/mol. The number of nitrogens with zero attached hydrogens (tertiary/aromatic N) is 2. The Kier molecular flexibility index (Phi) is 6.66. The van der Waals surface area contributed by atoms with Gasteiger partial charge in [0, 0.05) is 36.4 Å². The topological polar surface area (TPSA) is 86.5 Å². The van der Waals surface area contributed by atoms with E-state index in [4.69, 9.17) is 14.0 Å². The van der Waals surface area contributed by atoms with Crippen molar-refractivity contribution in [3.63, 3.8) is 0 Å². The molecule has 3 heterocycles. The molecule has 0 radical (unpaired) electrons. The van der Waals surface area contributed by atoms with Crippen molar-refractivity contribution in [2.24, 2.45) is 0 Å². The number of aromatic nitrogens is 2. The van der Waals surface area contributed by atoms with Gasteiger partial charge in [-0.05, 0) is 44.0 Å². The van der Waals surface area contributed by atoms with Crippen LogP contribution in [0.2, 0.25) is 0 Å². The number of pyridine rings is 1. The summed E-state index contributed by atoms with van der Waals surface area (Å²) in [5.74, 6) is 1.80. The van der Waals surface area contributed by atoms with E-state index in [1.165, 1.54) is 11.8 Å². The zero-order valence-corrected chi connectivity index (χ0v) is 17.5. The highest BCUT2D eigenvalue weighted by Gasteiger charge is 2.17. The second-order valence-electron chi connectivity index (χ2n) is 7.00. The molecule has 0 bridgehead atoms. The number of carbonyl (C=O) groups excluding carboxylic acids is 1. The zero-order chi connectivity index (χ0) is 20.8. The predicted molar refractivity (Wildman–Crippen MR) is 114 cm³/mol. The van der Waals surface area contributed by atoms with Crippen LogP contribution in [0.15, 0.2) is 58.2 Å². The highest BCUT2D eigenvalue weighted by atomic mass is 32.2. The molecule has 0 aliphatic carbocycles. The summed E-state index contributed by atoms with van der Waals surface area (Å²) in [5, 5.41) is 7.55. The molecule has 1 unspecified atom stereocenters. The number of ether oxygens (including phenoxy) is 2.